The molecule has 0 aliphatic carbocycles. The number of esters is 2. The summed E-state index contributed by atoms with van der Waals surface area (Å²) in [6.07, 6.45) is 2.78. The minimum absolute atomic E-state index is 0.0542. The minimum atomic E-state index is -2.72. The highest BCUT2D eigenvalue weighted by Crippen LogP contribution is 2.40. The standard InChI is InChI=1S/C16H12FNO5.C13H8FNO4.C5H11O4P/c1-22-16(19)9-2-11-10-13(18(20)21)5-8-15(11)23-14-6-3-12(17)4-7-14;14-10-1-4-12(5-2-10)19-13-6-3-11(15(17)18)7-9(13)8-16;1-8-5(6)4-10(3,7)9-2/h2-10H,1H3;1-8H;4H2,1-3H3/b9-2+;;. The van der Waals surface area contributed by atoms with Crippen molar-refractivity contribution in [3.8, 4) is 23.0 Å². The van der Waals surface area contributed by atoms with E-state index in [9.17, 15) is 48.0 Å². The average molecular weight is 745 g/mol. The van der Waals surface area contributed by atoms with Crippen LogP contribution in [0.2, 0.25) is 0 Å². The van der Waals surface area contributed by atoms with E-state index in [2.05, 4.69) is 14.0 Å². The minimum Gasteiger partial charge on any atom is -0.469 e. The van der Waals surface area contributed by atoms with Crippen molar-refractivity contribution in [2.75, 3.05) is 34.2 Å². The molecule has 0 amide bonds. The molecule has 0 spiro atoms. The van der Waals surface area contributed by atoms with Gasteiger partial charge in [0.25, 0.3) is 11.4 Å². The molecule has 0 aliphatic heterocycles. The predicted molar refractivity (Wildman–Crippen MR) is 183 cm³/mol. The Morgan fingerprint density at radius 2 is 1.17 bits per heavy atom. The fourth-order valence-electron chi connectivity index (χ4n) is 3.56. The van der Waals surface area contributed by atoms with Gasteiger partial charge < -0.3 is 23.5 Å². The summed E-state index contributed by atoms with van der Waals surface area (Å²) in [4.78, 5) is 52.9. The van der Waals surface area contributed by atoms with Crippen LogP contribution in [0.5, 0.6) is 23.0 Å². The van der Waals surface area contributed by atoms with E-state index >= 15 is 0 Å². The van der Waals surface area contributed by atoms with Crippen molar-refractivity contribution in [3.05, 3.63) is 134 Å². The largest absolute Gasteiger partial charge is 0.469 e. The first-order chi connectivity index (χ1) is 24.6. The number of rotatable bonds is 12. The predicted octanol–water partition coefficient (Wildman–Crippen LogP) is 7.76. The maximum Gasteiger partial charge on any atom is 0.330 e. The molecule has 52 heavy (non-hydrogen) atoms. The van der Waals surface area contributed by atoms with E-state index in [1.165, 1.54) is 113 Å². The van der Waals surface area contributed by atoms with Crippen molar-refractivity contribution >= 4 is 43.0 Å². The smallest absolute Gasteiger partial charge is 0.330 e. The SMILES string of the molecule is COC(=O)/C=C/c1cc([N+](=O)[O-])ccc1Oc1ccc(F)cc1.COC(=O)CP(C)(=O)OC.O=Cc1cc([N+](=O)[O-])ccc1Oc1ccc(F)cc1. The molecule has 1 unspecified atom stereocenters. The van der Waals surface area contributed by atoms with Crippen LogP contribution in [-0.4, -0.2) is 62.2 Å². The molecular formula is C34H31F2N2O13P. The molecule has 18 heteroatoms. The maximum absolute atomic E-state index is 12.9. The number of non-ortho nitro benzene ring substituents is 2. The summed E-state index contributed by atoms with van der Waals surface area (Å²) in [5.74, 6) is -0.795. The molecule has 1 atom stereocenters. The number of aldehydes is 1. The van der Waals surface area contributed by atoms with Gasteiger partial charge in [-0.25, -0.2) is 13.6 Å². The first-order valence-corrected chi connectivity index (χ1v) is 16.7. The number of carbonyl (C=O) groups excluding carboxylic acids is 3. The Labute approximate surface area is 295 Å². The molecule has 0 bridgehead atoms. The van der Waals surface area contributed by atoms with E-state index in [4.69, 9.17) is 9.47 Å². The number of nitrogens with zero attached hydrogens (tertiary/aromatic N) is 2. The topological polar surface area (TPSA) is 201 Å². The molecule has 4 aromatic carbocycles. The van der Waals surface area contributed by atoms with Gasteiger partial charge in [0.2, 0.25) is 7.37 Å². The number of nitro groups is 2. The highest BCUT2D eigenvalue weighted by molar-refractivity contribution is 7.59. The zero-order valence-electron chi connectivity index (χ0n) is 27.9. The van der Waals surface area contributed by atoms with Crippen molar-refractivity contribution in [3.63, 3.8) is 0 Å². The lowest BCUT2D eigenvalue weighted by Crippen LogP contribution is -2.07. The summed E-state index contributed by atoms with van der Waals surface area (Å²) >= 11 is 0. The number of nitro benzene ring substituents is 2. The molecule has 0 aromatic heterocycles. The van der Waals surface area contributed by atoms with Gasteiger partial charge in [-0.3, -0.25) is 34.4 Å². The van der Waals surface area contributed by atoms with Crippen LogP contribution in [0.1, 0.15) is 15.9 Å². The van der Waals surface area contributed by atoms with E-state index in [1.54, 1.807) is 0 Å². The maximum atomic E-state index is 12.9. The normalized spacial score (nSPS) is 11.3. The van der Waals surface area contributed by atoms with Gasteiger partial charge >= 0.3 is 11.9 Å². The Morgan fingerprint density at radius 3 is 1.56 bits per heavy atom. The van der Waals surface area contributed by atoms with Gasteiger partial charge in [-0.2, -0.15) is 0 Å². The average Bonchev–Trinajstić information content (AvgIpc) is 3.13. The number of hydrogen-bond acceptors (Lipinski definition) is 13. The van der Waals surface area contributed by atoms with E-state index in [1.807, 2.05) is 0 Å². The first-order valence-electron chi connectivity index (χ1n) is 14.4. The van der Waals surface area contributed by atoms with Crippen molar-refractivity contribution in [1.82, 2.24) is 0 Å². The van der Waals surface area contributed by atoms with Gasteiger partial charge in [-0.15, -0.1) is 0 Å². The summed E-state index contributed by atoms with van der Waals surface area (Å²) in [6, 6.07) is 18.1. The van der Waals surface area contributed by atoms with E-state index in [0.717, 1.165) is 12.1 Å². The lowest BCUT2D eigenvalue weighted by atomic mass is 10.1. The van der Waals surface area contributed by atoms with Crippen LogP contribution in [0.3, 0.4) is 0 Å². The first kappa shape index (κ1) is 41.8. The second kappa shape index (κ2) is 20.4. The monoisotopic (exact) mass is 744 g/mol. The van der Waals surface area contributed by atoms with E-state index < -0.39 is 40.8 Å². The van der Waals surface area contributed by atoms with Crippen molar-refractivity contribution in [1.29, 1.82) is 0 Å². The molecule has 274 valence electrons. The molecule has 0 heterocycles. The highest BCUT2D eigenvalue weighted by atomic mass is 31.2. The fourth-order valence-corrected chi connectivity index (χ4v) is 4.28. The van der Waals surface area contributed by atoms with Crippen molar-refractivity contribution in [2.45, 2.75) is 0 Å². The van der Waals surface area contributed by atoms with Gasteiger partial charge in [0.1, 0.15) is 40.8 Å². The lowest BCUT2D eigenvalue weighted by molar-refractivity contribution is -0.385. The molecule has 0 aliphatic rings. The Morgan fingerprint density at radius 1 is 0.731 bits per heavy atom. The van der Waals surface area contributed by atoms with Gasteiger partial charge in [-0.1, -0.05) is 0 Å². The van der Waals surface area contributed by atoms with Gasteiger partial charge in [-0.05, 0) is 66.7 Å². The summed E-state index contributed by atoms with van der Waals surface area (Å²) in [6.45, 7) is 1.39. The molecule has 4 aromatic rings. The van der Waals surface area contributed by atoms with Gasteiger partial charge in [0.05, 0.1) is 29.6 Å². The van der Waals surface area contributed by atoms with Crippen LogP contribution in [0.25, 0.3) is 6.08 Å². The number of ether oxygens (including phenoxy) is 4. The van der Waals surface area contributed by atoms with Crippen LogP contribution in [0.15, 0.2) is 91.0 Å². The highest BCUT2D eigenvalue weighted by Gasteiger charge is 2.19. The molecule has 15 nitrogen and oxygen atoms in total. The zero-order chi connectivity index (χ0) is 38.8. The van der Waals surface area contributed by atoms with Crippen LogP contribution in [-0.2, 0) is 28.2 Å². The fraction of sp³-hybridized carbons (Fsp3) is 0.147. The number of halogens is 2. The number of carbonyl (C=O) groups is 3. The summed E-state index contributed by atoms with van der Waals surface area (Å²) in [5.41, 5.74) is 0.0157. The van der Waals surface area contributed by atoms with Gasteiger partial charge in [0, 0.05) is 49.7 Å². The third-order valence-corrected chi connectivity index (χ3v) is 7.85. The van der Waals surface area contributed by atoms with Crippen molar-refractivity contribution in [2.24, 2.45) is 0 Å². The summed E-state index contributed by atoms with van der Waals surface area (Å²) < 4.78 is 60.9. The lowest BCUT2D eigenvalue weighted by Gasteiger charge is -2.08. The van der Waals surface area contributed by atoms with Crippen LogP contribution >= 0.6 is 7.37 Å². The molecule has 0 N–H and O–H groups in total. The van der Waals surface area contributed by atoms with Crippen LogP contribution in [0, 0.1) is 31.9 Å². The summed E-state index contributed by atoms with van der Waals surface area (Å²) in [5, 5.41) is 21.4. The second-order valence-electron chi connectivity index (χ2n) is 9.98. The number of methoxy groups -OCH3 is 2. The summed E-state index contributed by atoms with van der Waals surface area (Å²) in [7, 11) is 1.05. The van der Waals surface area contributed by atoms with Crippen LogP contribution < -0.4 is 9.47 Å². The number of benzene rings is 4. The molecule has 4 rings (SSSR count). The third kappa shape index (κ3) is 14.3. The third-order valence-electron chi connectivity index (χ3n) is 6.25. The zero-order valence-corrected chi connectivity index (χ0v) is 28.8. The van der Waals surface area contributed by atoms with E-state index in [-0.39, 0.29) is 34.6 Å². The quantitative estimate of drug-likeness (QED) is 0.0340. The molecular weight excluding hydrogens is 713 g/mol. The number of hydrogen-bond donors (Lipinski definition) is 0. The Bertz CT molecular complexity index is 1950. The second-order valence-corrected chi connectivity index (χ2v) is 12.7. The molecule has 0 saturated carbocycles. The van der Waals surface area contributed by atoms with Crippen molar-refractivity contribution < 1.29 is 61.0 Å². The Hall–Kier alpha value is -6.32. The van der Waals surface area contributed by atoms with E-state index in [0.29, 0.717) is 23.3 Å². The van der Waals surface area contributed by atoms with Crippen LogP contribution in [0.4, 0.5) is 20.2 Å². The molecule has 0 fully saturated rings. The Balaban J connectivity index is 0.000000291. The molecule has 0 radical (unpaired) electrons. The molecule has 0 saturated heterocycles. The van der Waals surface area contributed by atoms with Gasteiger partial charge in [0.15, 0.2) is 6.29 Å². The Kier molecular flexibility index (Phi) is 16.4.